The van der Waals surface area contributed by atoms with Crippen LogP contribution in [0, 0.1) is 0 Å². The number of ether oxygens (including phenoxy) is 3. The van der Waals surface area contributed by atoms with Crippen molar-refractivity contribution in [2.45, 2.75) is 19.9 Å². The third kappa shape index (κ3) is 7.24. The van der Waals surface area contributed by atoms with Crippen molar-refractivity contribution in [1.82, 2.24) is 5.32 Å². The van der Waals surface area contributed by atoms with Crippen LogP contribution >= 0.6 is 15.9 Å². The van der Waals surface area contributed by atoms with E-state index in [0.29, 0.717) is 19.8 Å². The van der Waals surface area contributed by atoms with E-state index in [9.17, 15) is 0 Å². The molecule has 0 bridgehead atoms. The highest BCUT2D eigenvalue weighted by atomic mass is 79.9. The van der Waals surface area contributed by atoms with Crippen molar-refractivity contribution in [3.05, 3.63) is 28.2 Å². The van der Waals surface area contributed by atoms with Crippen LogP contribution in [0.2, 0.25) is 0 Å². The summed E-state index contributed by atoms with van der Waals surface area (Å²) in [4.78, 5) is 0. The van der Waals surface area contributed by atoms with Crippen molar-refractivity contribution < 1.29 is 14.2 Å². The Hall–Kier alpha value is -0.620. The topological polar surface area (TPSA) is 39.7 Å². The van der Waals surface area contributed by atoms with Gasteiger partial charge in [-0.25, -0.2) is 0 Å². The lowest BCUT2D eigenvalue weighted by molar-refractivity contribution is 0.0804. The summed E-state index contributed by atoms with van der Waals surface area (Å²) in [6.45, 7) is 6.44. The van der Waals surface area contributed by atoms with Gasteiger partial charge >= 0.3 is 0 Å². The van der Waals surface area contributed by atoms with Crippen LogP contribution in [0.5, 0.6) is 5.75 Å². The molecule has 1 aromatic rings. The minimum Gasteiger partial charge on any atom is -0.491 e. The predicted octanol–water partition coefficient (Wildman–Crippen LogP) is 2.99. The van der Waals surface area contributed by atoms with Crippen molar-refractivity contribution in [1.29, 1.82) is 0 Å². The van der Waals surface area contributed by atoms with Crippen LogP contribution < -0.4 is 10.1 Å². The lowest BCUT2D eigenvalue weighted by Crippen LogP contribution is -2.14. The van der Waals surface area contributed by atoms with Gasteiger partial charge < -0.3 is 19.5 Å². The van der Waals surface area contributed by atoms with E-state index in [1.807, 2.05) is 12.1 Å². The minimum absolute atomic E-state index is 0.563. The predicted molar refractivity (Wildman–Crippen MR) is 84.3 cm³/mol. The average Bonchev–Trinajstić information content (AvgIpc) is 2.45. The molecule has 1 aromatic carbocycles. The Morgan fingerprint density at radius 2 is 2.00 bits per heavy atom. The first kappa shape index (κ1) is 17.4. The summed E-state index contributed by atoms with van der Waals surface area (Å²) in [5.41, 5.74) is 1.15. The first-order valence-electron chi connectivity index (χ1n) is 6.96. The highest BCUT2D eigenvalue weighted by Gasteiger charge is 2.04. The van der Waals surface area contributed by atoms with Gasteiger partial charge in [0.25, 0.3) is 0 Å². The van der Waals surface area contributed by atoms with Crippen LogP contribution in [-0.4, -0.2) is 40.1 Å². The molecule has 1 rings (SSSR count). The Bertz CT molecular complexity index is 374. The monoisotopic (exact) mass is 345 g/mol. The number of hydrogen-bond donors (Lipinski definition) is 1. The van der Waals surface area contributed by atoms with Crippen LogP contribution in [0.3, 0.4) is 0 Å². The largest absolute Gasteiger partial charge is 0.491 e. The molecule has 20 heavy (non-hydrogen) atoms. The van der Waals surface area contributed by atoms with Crippen LogP contribution in [0.1, 0.15) is 18.9 Å². The smallest absolute Gasteiger partial charge is 0.123 e. The third-order valence-corrected chi connectivity index (χ3v) is 3.20. The lowest BCUT2D eigenvalue weighted by Gasteiger charge is -2.12. The van der Waals surface area contributed by atoms with Crippen molar-refractivity contribution in [3.63, 3.8) is 0 Å². The SMILES string of the molecule is CCNCc1cc(Br)ccc1OCCOCCCOC. The van der Waals surface area contributed by atoms with E-state index in [1.165, 1.54) is 0 Å². The molecule has 1 N–H and O–H groups in total. The fourth-order valence-electron chi connectivity index (χ4n) is 1.70. The maximum absolute atomic E-state index is 5.78. The highest BCUT2D eigenvalue weighted by molar-refractivity contribution is 9.10. The second kappa shape index (κ2) is 11.1. The maximum Gasteiger partial charge on any atom is 0.123 e. The Kier molecular flexibility index (Phi) is 9.66. The van der Waals surface area contributed by atoms with E-state index in [2.05, 4.69) is 34.2 Å². The quantitative estimate of drug-likeness (QED) is 0.626. The van der Waals surface area contributed by atoms with Gasteiger partial charge in [0.1, 0.15) is 12.4 Å². The zero-order chi connectivity index (χ0) is 14.6. The van der Waals surface area contributed by atoms with Gasteiger partial charge in [-0.15, -0.1) is 0 Å². The number of nitrogens with one attached hydrogen (secondary N) is 1. The van der Waals surface area contributed by atoms with Gasteiger partial charge in [-0.1, -0.05) is 22.9 Å². The molecule has 0 aliphatic heterocycles. The summed E-state index contributed by atoms with van der Waals surface area (Å²) >= 11 is 3.49. The Morgan fingerprint density at radius 1 is 1.15 bits per heavy atom. The zero-order valence-corrected chi connectivity index (χ0v) is 13.9. The van der Waals surface area contributed by atoms with E-state index < -0.39 is 0 Å². The Balaban J connectivity index is 2.31. The molecule has 0 spiro atoms. The van der Waals surface area contributed by atoms with E-state index in [1.54, 1.807) is 7.11 Å². The molecule has 5 heteroatoms. The van der Waals surface area contributed by atoms with Crippen molar-refractivity contribution in [2.24, 2.45) is 0 Å². The molecule has 0 radical (unpaired) electrons. The molecule has 0 amide bonds. The molecule has 0 atom stereocenters. The molecule has 4 nitrogen and oxygen atoms in total. The number of benzene rings is 1. The third-order valence-electron chi connectivity index (χ3n) is 2.71. The van der Waals surface area contributed by atoms with Crippen LogP contribution in [-0.2, 0) is 16.0 Å². The highest BCUT2D eigenvalue weighted by Crippen LogP contribution is 2.23. The summed E-state index contributed by atoms with van der Waals surface area (Å²) in [5, 5.41) is 3.31. The Labute approximate surface area is 129 Å². The van der Waals surface area contributed by atoms with Gasteiger partial charge in [-0.05, 0) is 31.2 Å². The second-order valence-corrected chi connectivity index (χ2v) is 5.26. The van der Waals surface area contributed by atoms with Gasteiger partial charge in [-0.2, -0.15) is 0 Å². The first-order chi connectivity index (χ1) is 9.77. The van der Waals surface area contributed by atoms with E-state index in [0.717, 1.165) is 41.9 Å². The van der Waals surface area contributed by atoms with Gasteiger partial charge in [0.2, 0.25) is 0 Å². The first-order valence-corrected chi connectivity index (χ1v) is 7.75. The number of halogens is 1. The van der Waals surface area contributed by atoms with Gasteiger partial charge in [0, 0.05) is 36.9 Å². The molecule has 0 aliphatic carbocycles. The molecule has 0 heterocycles. The molecule has 114 valence electrons. The number of rotatable bonds is 11. The molecule has 0 aliphatic rings. The number of methoxy groups -OCH3 is 1. The van der Waals surface area contributed by atoms with Crippen LogP contribution in [0.15, 0.2) is 22.7 Å². The molecule has 0 saturated heterocycles. The fourth-order valence-corrected chi connectivity index (χ4v) is 2.11. The van der Waals surface area contributed by atoms with Crippen molar-refractivity contribution in [3.8, 4) is 5.75 Å². The van der Waals surface area contributed by atoms with Crippen LogP contribution in [0.4, 0.5) is 0 Å². The lowest BCUT2D eigenvalue weighted by atomic mass is 10.2. The zero-order valence-electron chi connectivity index (χ0n) is 12.3. The maximum atomic E-state index is 5.78. The van der Waals surface area contributed by atoms with Crippen molar-refractivity contribution >= 4 is 15.9 Å². The summed E-state index contributed by atoms with van der Waals surface area (Å²) in [5.74, 6) is 0.912. The average molecular weight is 346 g/mol. The summed E-state index contributed by atoms with van der Waals surface area (Å²) in [6, 6.07) is 6.06. The molecular weight excluding hydrogens is 322 g/mol. The molecule has 0 aromatic heterocycles. The molecule has 0 unspecified atom stereocenters. The van der Waals surface area contributed by atoms with E-state index in [4.69, 9.17) is 14.2 Å². The number of hydrogen-bond acceptors (Lipinski definition) is 4. The standard InChI is InChI=1S/C15H24BrNO3/c1-3-17-12-13-11-14(16)5-6-15(13)20-10-9-19-8-4-7-18-2/h5-6,11,17H,3-4,7-10,12H2,1-2H3. The second-order valence-electron chi connectivity index (χ2n) is 4.34. The van der Waals surface area contributed by atoms with Crippen LogP contribution in [0.25, 0.3) is 0 Å². The Morgan fingerprint density at radius 3 is 2.75 bits per heavy atom. The normalized spacial score (nSPS) is 10.8. The van der Waals surface area contributed by atoms with E-state index >= 15 is 0 Å². The van der Waals surface area contributed by atoms with E-state index in [-0.39, 0.29) is 0 Å². The summed E-state index contributed by atoms with van der Waals surface area (Å²) < 4.78 is 17.3. The molecular formula is C15H24BrNO3. The fraction of sp³-hybridized carbons (Fsp3) is 0.600. The summed E-state index contributed by atoms with van der Waals surface area (Å²) in [7, 11) is 1.70. The van der Waals surface area contributed by atoms with Gasteiger partial charge in [-0.3, -0.25) is 0 Å². The minimum atomic E-state index is 0.563. The summed E-state index contributed by atoms with van der Waals surface area (Å²) in [6.07, 6.45) is 0.917. The molecule has 0 fully saturated rings. The van der Waals surface area contributed by atoms with Gasteiger partial charge in [0.05, 0.1) is 6.61 Å². The van der Waals surface area contributed by atoms with Crippen molar-refractivity contribution in [2.75, 3.05) is 40.1 Å². The molecule has 0 saturated carbocycles. The van der Waals surface area contributed by atoms with Gasteiger partial charge in [0.15, 0.2) is 0 Å².